The van der Waals surface area contributed by atoms with E-state index in [0.29, 0.717) is 25.1 Å². The van der Waals surface area contributed by atoms with Gasteiger partial charge in [0.2, 0.25) is 0 Å². The predicted octanol–water partition coefficient (Wildman–Crippen LogP) is 5.08. The topological polar surface area (TPSA) is 27.7 Å². The molecule has 0 saturated heterocycles. The van der Waals surface area contributed by atoms with Crippen molar-refractivity contribution in [2.75, 3.05) is 19.8 Å². The monoisotopic (exact) mass is 336 g/mol. The van der Waals surface area contributed by atoms with Crippen molar-refractivity contribution in [2.45, 2.75) is 83.9 Å². The molecular weight excluding hydrogens is 300 g/mol. The Kier molecular flexibility index (Phi) is 14.4. The van der Waals surface area contributed by atoms with E-state index in [0.717, 1.165) is 12.5 Å². The summed E-state index contributed by atoms with van der Waals surface area (Å²) in [5.41, 5.74) is 0. The van der Waals surface area contributed by atoms with Gasteiger partial charge in [0.05, 0.1) is 0 Å². The van der Waals surface area contributed by atoms with Crippen molar-refractivity contribution in [3.8, 4) is 0 Å². The highest BCUT2D eigenvalue weighted by atomic mass is 32.1. The Balaban J connectivity index is 4.08. The summed E-state index contributed by atoms with van der Waals surface area (Å²) >= 11 is 4.73. The van der Waals surface area contributed by atoms with Crippen LogP contribution in [0.5, 0.6) is 0 Å². The molecule has 0 bridgehead atoms. The number of thiol groups is 1. The zero-order valence-electron chi connectivity index (χ0n) is 14.5. The lowest BCUT2D eigenvalue weighted by Crippen LogP contribution is -2.46. The van der Waals surface area contributed by atoms with Crippen LogP contribution in [0.15, 0.2) is 0 Å². The van der Waals surface area contributed by atoms with Crippen LogP contribution in [0.25, 0.3) is 0 Å². The molecule has 5 heteroatoms. The molecule has 0 aliphatic carbocycles. The van der Waals surface area contributed by atoms with Gasteiger partial charge in [-0.3, -0.25) is 0 Å². The molecule has 0 saturated carbocycles. The van der Waals surface area contributed by atoms with Crippen LogP contribution < -0.4 is 0 Å². The van der Waals surface area contributed by atoms with Gasteiger partial charge in [-0.2, -0.15) is 12.6 Å². The van der Waals surface area contributed by atoms with Gasteiger partial charge >= 0.3 is 8.80 Å². The summed E-state index contributed by atoms with van der Waals surface area (Å²) in [6, 6.07) is 0.881. The van der Waals surface area contributed by atoms with Crippen LogP contribution in [0.1, 0.15) is 72.6 Å². The predicted molar refractivity (Wildman–Crippen MR) is 96.2 cm³/mol. The van der Waals surface area contributed by atoms with E-state index in [1.807, 2.05) is 20.8 Å². The summed E-state index contributed by atoms with van der Waals surface area (Å²) < 4.78 is 17.6. The minimum absolute atomic E-state index is 0.430. The zero-order valence-corrected chi connectivity index (χ0v) is 16.4. The average Bonchev–Trinajstić information content (AvgIpc) is 2.46. The van der Waals surface area contributed by atoms with Gasteiger partial charge in [0.1, 0.15) is 0 Å². The highest BCUT2D eigenvalue weighted by molar-refractivity contribution is 7.80. The quantitative estimate of drug-likeness (QED) is 0.257. The van der Waals surface area contributed by atoms with Crippen molar-refractivity contribution in [2.24, 2.45) is 0 Å². The fourth-order valence-electron chi connectivity index (χ4n) is 2.47. The fourth-order valence-corrected chi connectivity index (χ4v) is 5.73. The van der Waals surface area contributed by atoms with Crippen LogP contribution in [-0.2, 0) is 13.3 Å². The van der Waals surface area contributed by atoms with E-state index in [-0.39, 0.29) is 0 Å². The Bertz CT molecular complexity index is 213. The Hall–Kier alpha value is 0.447. The maximum absolute atomic E-state index is 5.88. The van der Waals surface area contributed by atoms with Crippen LogP contribution in [-0.4, -0.2) is 33.9 Å². The van der Waals surface area contributed by atoms with Crippen molar-refractivity contribution >= 4 is 21.4 Å². The molecule has 0 aromatic heterocycles. The van der Waals surface area contributed by atoms with Crippen molar-refractivity contribution in [1.82, 2.24) is 0 Å². The Morgan fingerprint density at radius 3 is 1.76 bits per heavy atom. The molecule has 0 aromatic rings. The second kappa shape index (κ2) is 14.1. The first-order valence-corrected chi connectivity index (χ1v) is 11.2. The third kappa shape index (κ3) is 10.7. The van der Waals surface area contributed by atoms with Crippen LogP contribution in [0.2, 0.25) is 6.04 Å². The van der Waals surface area contributed by atoms with Crippen molar-refractivity contribution < 1.29 is 13.3 Å². The molecule has 1 unspecified atom stereocenters. The van der Waals surface area contributed by atoms with Gasteiger partial charge in [-0.05, 0) is 33.6 Å². The molecule has 128 valence electrons. The van der Waals surface area contributed by atoms with E-state index < -0.39 is 8.80 Å². The SMILES string of the molecule is CCCCCCCC(S)CC[Si](OCC)(OCC)OCC. The molecule has 0 fully saturated rings. The molecule has 0 aliphatic rings. The van der Waals surface area contributed by atoms with Crippen LogP contribution in [0.3, 0.4) is 0 Å². The molecule has 0 heterocycles. The van der Waals surface area contributed by atoms with Gasteiger partial charge in [0.15, 0.2) is 0 Å². The highest BCUT2D eigenvalue weighted by Crippen LogP contribution is 2.23. The Morgan fingerprint density at radius 2 is 1.29 bits per heavy atom. The van der Waals surface area contributed by atoms with Crippen molar-refractivity contribution in [3.05, 3.63) is 0 Å². The van der Waals surface area contributed by atoms with Crippen LogP contribution in [0.4, 0.5) is 0 Å². The summed E-state index contributed by atoms with van der Waals surface area (Å²) in [5.74, 6) is 0. The first-order chi connectivity index (χ1) is 10.1. The summed E-state index contributed by atoms with van der Waals surface area (Å²) in [5, 5.41) is 0.430. The number of hydrogen-bond acceptors (Lipinski definition) is 4. The van der Waals surface area contributed by atoms with Gasteiger partial charge in [0.25, 0.3) is 0 Å². The van der Waals surface area contributed by atoms with E-state index in [4.69, 9.17) is 25.9 Å². The standard InChI is InChI=1S/C16H36O3SSi/c1-5-9-10-11-12-13-16(20)14-15-21(17-6-2,18-7-3)19-8-4/h16,20H,5-15H2,1-4H3. The smallest absolute Gasteiger partial charge is 0.374 e. The molecule has 0 rings (SSSR count). The lowest BCUT2D eigenvalue weighted by molar-refractivity contribution is 0.0707. The van der Waals surface area contributed by atoms with Gasteiger partial charge in [-0.1, -0.05) is 39.0 Å². The summed E-state index contributed by atoms with van der Waals surface area (Å²) in [4.78, 5) is 0. The van der Waals surface area contributed by atoms with E-state index in [2.05, 4.69) is 6.92 Å². The van der Waals surface area contributed by atoms with E-state index >= 15 is 0 Å². The molecule has 3 nitrogen and oxygen atoms in total. The fraction of sp³-hybridized carbons (Fsp3) is 1.00. The lowest BCUT2D eigenvalue weighted by Gasteiger charge is -2.29. The maximum Gasteiger partial charge on any atom is 0.500 e. The molecule has 0 aliphatic heterocycles. The van der Waals surface area contributed by atoms with E-state index in [1.165, 1.54) is 38.5 Å². The second-order valence-electron chi connectivity index (χ2n) is 5.38. The third-order valence-electron chi connectivity index (χ3n) is 3.52. The first-order valence-electron chi connectivity index (χ1n) is 8.74. The van der Waals surface area contributed by atoms with Gasteiger partial charge in [0, 0.05) is 31.1 Å². The normalized spacial score (nSPS) is 13.6. The molecule has 0 spiro atoms. The van der Waals surface area contributed by atoms with Gasteiger partial charge < -0.3 is 13.3 Å². The lowest BCUT2D eigenvalue weighted by atomic mass is 10.1. The van der Waals surface area contributed by atoms with Crippen molar-refractivity contribution in [1.29, 1.82) is 0 Å². The molecule has 1 atom stereocenters. The van der Waals surface area contributed by atoms with Crippen LogP contribution >= 0.6 is 12.6 Å². The summed E-state index contributed by atoms with van der Waals surface area (Å²) in [6.07, 6.45) is 8.82. The minimum atomic E-state index is -2.47. The highest BCUT2D eigenvalue weighted by Gasteiger charge is 2.40. The summed E-state index contributed by atoms with van der Waals surface area (Å²) in [6.45, 7) is 10.2. The van der Waals surface area contributed by atoms with Gasteiger partial charge in [-0.15, -0.1) is 0 Å². The van der Waals surface area contributed by atoms with Gasteiger partial charge in [-0.25, -0.2) is 0 Å². The molecule has 0 aromatic carbocycles. The molecule has 0 amide bonds. The number of rotatable bonds is 15. The maximum atomic E-state index is 5.88. The van der Waals surface area contributed by atoms with E-state index in [1.54, 1.807) is 0 Å². The minimum Gasteiger partial charge on any atom is -0.374 e. The molecule has 0 radical (unpaired) electrons. The first kappa shape index (κ1) is 21.4. The largest absolute Gasteiger partial charge is 0.500 e. The second-order valence-corrected chi connectivity index (χ2v) is 8.84. The molecule has 0 N–H and O–H groups in total. The molecular formula is C16H36O3SSi. The summed E-state index contributed by atoms with van der Waals surface area (Å²) in [7, 11) is -2.47. The number of unbranched alkanes of at least 4 members (excludes halogenated alkanes) is 4. The van der Waals surface area contributed by atoms with Crippen LogP contribution in [0, 0.1) is 0 Å². The Morgan fingerprint density at radius 1 is 0.762 bits per heavy atom. The van der Waals surface area contributed by atoms with Crippen molar-refractivity contribution in [3.63, 3.8) is 0 Å². The zero-order chi connectivity index (χ0) is 16.0. The number of hydrogen-bond donors (Lipinski definition) is 1. The Labute approximate surface area is 138 Å². The van der Waals surface area contributed by atoms with E-state index in [9.17, 15) is 0 Å². The average molecular weight is 337 g/mol. The third-order valence-corrected chi connectivity index (χ3v) is 7.12. The molecule has 21 heavy (non-hydrogen) atoms.